The lowest BCUT2D eigenvalue weighted by atomic mass is 9.69. The zero-order valence-corrected chi connectivity index (χ0v) is 29.2. The number of hydrogen-bond acceptors (Lipinski definition) is 3. The Labute approximate surface area is 311 Å². The third-order valence-corrected chi connectivity index (χ3v) is 12.5. The number of furan rings is 2. The molecule has 1 spiro atoms. The minimum Gasteiger partial charge on any atom is -0.455 e. The van der Waals surface area contributed by atoms with Crippen molar-refractivity contribution in [3.05, 3.63) is 186 Å². The van der Waals surface area contributed by atoms with Gasteiger partial charge in [0.25, 0.3) is 0 Å². The van der Waals surface area contributed by atoms with Crippen LogP contribution in [0.15, 0.2) is 167 Å². The second kappa shape index (κ2) is 10.2. The molecule has 0 saturated carbocycles. The van der Waals surface area contributed by atoms with Gasteiger partial charge in [-0.2, -0.15) is 0 Å². The van der Waals surface area contributed by atoms with Gasteiger partial charge in [-0.15, -0.1) is 0 Å². The Morgan fingerprint density at radius 2 is 0.981 bits per heavy atom. The average Bonchev–Trinajstić information content (AvgIpc) is 4.05. The molecule has 1 aliphatic heterocycles. The van der Waals surface area contributed by atoms with E-state index in [0.717, 1.165) is 79.1 Å². The topological polar surface area (TPSA) is 38.3 Å². The van der Waals surface area contributed by atoms with Gasteiger partial charge in [-0.1, -0.05) is 127 Å². The third kappa shape index (κ3) is 3.43. The van der Waals surface area contributed by atoms with Crippen molar-refractivity contribution in [2.75, 3.05) is 11.9 Å². The van der Waals surface area contributed by atoms with Crippen LogP contribution in [-0.4, -0.2) is 6.54 Å². The minimum absolute atomic E-state index is 0.593. The molecule has 2 aliphatic carbocycles. The predicted molar refractivity (Wildman–Crippen MR) is 220 cm³/mol. The number of fused-ring (bicyclic) bond motifs is 19. The van der Waals surface area contributed by atoms with Gasteiger partial charge in [0.1, 0.15) is 22.3 Å². The van der Waals surface area contributed by atoms with E-state index in [0.29, 0.717) is 0 Å². The quantitative estimate of drug-likeness (QED) is 0.196. The van der Waals surface area contributed by atoms with Crippen molar-refractivity contribution in [1.29, 1.82) is 0 Å². The molecular formula is C51H31NO2. The Morgan fingerprint density at radius 1 is 0.444 bits per heavy atom. The van der Waals surface area contributed by atoms with Gasteiger partial charge in [0.2, 0.25) is 0 Å². The highest BCUT2D eigenvalue weighted by molar-refractivity contribution is 6.26. The molecule has 8 aromatic carbocycles. The van der Waals surface area contributed by atoms with Gasteiger partial charge in [0.15, 0.2) is 0 Å². The smallest absolute Gasteiger partial charge is 0.143 e. The van der Waals surface area contributed by atoms with Crippen LogP contribution in [0.2, 0.25) is 0 Å². The lowest BCUT2D eigenvalue weighted by Crippen LogP contribution is -2.26. The number of anilines is 1. The van der Waals surface area contributed by atoms with Crippen LogP contribution in [-0.2, 0) is 11.8 Å². The molecule has 252 valence electrons. The van der Waals surface area contributed by atoms with Crippen LogP contribution in [0.25, 0.3) is 88.4 Å². The Kier molecular flexibility index (Phi) is 5.41. The maximum atomic E-state index is 7.02. The van der Waals surface area contributed by atoms with E-state index in [1.54, 1.807) is 0 Å². The standard InChI is InChI=1S/C51H31NO2/c1-2-12-29(13-3-1)36-27-40-47(45-34-16-6-10-20-43(34)53-49(36)45)48-41(51(40)38-18-8-4-14-32(38)33-15-5-9-19-39(33)51)28-37(31-23-22-30-24-25-52-42(30)26-31)50-46(48)35-17-7-11-21-44(35)54-50/h1-23,26-28,52H,24-25H2. The van der Waals surface area contributed by atoms with Gasteiger partial charge < -0.3 is 14.2 Å². The van der Waals surface area contributed by atoms with Crippen molar-refractivity contribution in [3.63, 3.8) is 0 Å². The Bertz CT molecular complexity index is 3210. The summed E-state index contributed by atoms with van der Waals surface area (Å²) in [5.41, 5.74) is 20.3. The first-order valence-electron chi connectivity index (χ1n) is 18.9. The van der Waals surface area contributed by atoms with E-state index in [9.17, 15) is 0 Å². The van der Waals surface area contributed by atoms with Crippen LogP contribution >= 0.6 is 0 Å². The van der Waals surface area contributed by atoms with Crippen LogP contribution in [0.5, 0.6) is 0 Å². The van der Waals surface area contributed by atoms with Crippen LogP contribution < -0.4 is 5.32 Å². The molecule has 1 N–H and O–H groups in total. The zero-order valence-electron chi connectivity index (χ0n) is 29.2. The Balaban J connectivity index is 1.31. The van der Waals surface area contributed by atoms with Crippen molar-refractivity contribution in [1.82, 2.24) is 0 Å². The Hall–Kier alpha value is -6.84. The van der Waals surface area contributed by atoms with Crippen molar-refractivity contribution >= 4 is 49.6 Å². The molecule has 0 bridgehead atoms. The van der Waals surface area contributed by atoms with E-state index in [4.69, 9.17) is 8.83 Å². The molecule has 3 heterocycles. The molecule has 2 aromatic heterocycles. The van der Waals surface area contributed by atoms with Crippen molar-refractivity contribution in [3.8, 4) is 44.5 Å². The summed E-state index contributed by atoms with van der Waals surface area (Å²) in [7, 11) is 0. The highest BCUT2D eigenvalue weighted by atomic mass is 16.3. The molecule has 0 radical (unpaired) electrons. The second-order valence-corrected chi connectivity index (χ2v) is 15.1. The van der Waals surface area contributed by atoms with Crippen molar-refractivity contribution in [2.45, 2.75) is 11.8 Å². The fourth-order valence-corrected chi connectivity index (χ4v) is 10.4. The normalized spacial score (nSPS) is 14.4. The highest BCUT2D eigenvalue weighted by Gasteiger charge is 2.54. The monoisotopic (exact) mass is 689 g/mol. The summed E-state index contributed by atoms with van der Waals surface area (Å²) in [6, 6.07) is 57.9. The lowest BCUT2D eigenvalue weighted by molar-refractivity contribution is 0.669. The highest BCUT2D eigenvalue weighted by Crippen LogP contribution is 2.67. The van der Waals surface area contributed by atoms with Crippen LogP contribution in [0, 0.1) is 0 Å². The van der Waals surface area contributed by atoms with Gasteiger partial charge in [0, 0.05) is 44.9 Å². The first-order chi connectivity index (χ1) is 26.8. The fourth-order valence-electron chi connectivity index (χ4n) is 10.4. The second-order valence-electron chi connectivity index (χ2n) is 15.1. The number of nitrogens with one attached hydrogen (secondary N) is 1. The first-order valence-corrected chi connectivity index (χ1v) is 18.9. The SMILES string of the molecule is c1ccc(-c2cc3c(c4c2oc2ccccc24)-c2c(cc(-c4ccc5c(c4)NCC5)c4oc5ccccc5c24)C32c3ccccc3-c3ccccc32)cc1. The summed E-state index contributed by atoms with van der Waals surface area (Å²) in [5.74, 6) is 0. The summed E-state index contributed by atoms with van der Waals surface area (Å²) in [6.07, 6.45) is 1.05. The molecule has 0 atom stereocenters. The van der Waals surface area contributed by atoms with E-state index < -0.39 is 5.41 Å². The summed E-state index contributed by atoms with van der Waals surface area (Å²) in [6.45, 7) is 0.966. The maximum Gasteiger partial charge on any atom is 0.143 e. The average molecular weight is 690 g/mol. The number of para-hydroxylation sites is 2. The molecular weight excluding hydrogens is 659 g/mol. The maximum absolute atomic E-state index is 7.02. The molecule has 3 nitrogen and oxygen atoms in total. The molecule has 13 rings (SSSR count). The molecule has 0 amide bonds. The molecule has 3 heteroatoms. The van der Waals surface area contributed by atoms with E-state index in [1.165, 1.54) is 55.8 Å². The largest absolute Gasteiger partial charge is 0.455 e. The Morgan fingerprint density at radius 3 is 1.61 bits per heavy atom. The summed E-state index contributed by atoms with van der Waals surface area (Å²) < 4.78 is 14.0. The van der Waals surface area contributed by atoms with Gasteiger partial charge in [-0.3, -0.25) is 0 Å². The molecule has 10 aromatic rings. The van der Waals surface area contributed by atoms with Gasteiger partial charge in [-0.25, -0.2) is 0 Å². The fraction of sp³-hybridized carbons (Fsp3) is 0.0588. The van der Waals surface area contributed by atoms with Gasteiger partial charge in [-0.05, 0) is 98.0 Å². The number of rotatable bonds is 2. The molecule has 0 fully saturated rings. The molecule has 54 heavy (non-hydrogen) atoms. The third-order valence-electron chi connectivity index (χ3n) is 12.5. The van der Waals surface area contributed by atoms with E-state index in [-0.39, 0.29) is 0 Å². The molecule has 0 saturated heterocycles. The van der Waals surface area contributed by atoms with Crippen LogP contribution in [0.3, 0.4) is 0 Å². The van der Waals surface area contributed by atoms with E-state index >= 15 is 0 Å². The van der Waals surface area contributed by atoms with Gasteiger partial charge >= 0.3 is 0 Å². The van der Waals surface area contributed by atoms with Gasteiger partial charge in [0.05, 0.1) is 5.41 Å². The lowest BCUT2D eigenvalue weighted by Gasteiger charge is -2.31. The number of benzene rings is 8. The van der Waals surface area contributed by atoms with E-state index in [1.807, 2.05) is 0 Å². The van der Waals surface area contributed by atoms with E-state index in [2.05, 4.69) is 163 Å². The van der Waals surface area contributed by atoms with Crippen LogP contribution in [0.4, 0.5) is 5.69 Å². The zero-order chi connectivity index (χ0) is 35.1. The summed E-state index contributed by atoms with van der Waals surface area (Å²) in [4.78, 5) is 0. The van der Waals surface area contributed by atoms with Crippen molar-refractivity contribution in [2.24, 2.45) is 0 Å². The predicted octanol–water partition coefficient (Wildman–Crippen LogP) is 13.1. The summed E-state index contributed by atoms with van der Waals surface area (Å²) in [5, 5.41) is 8.20. The van der Waals surface area contributed by atoms with Crippen molar-refractivity contribution < 1.29 is 8.83 Å². The number of hydrogen-bond donors (Lipinski definition) is 1. The first kappa shape index (κ1) is 28.7. The molecule has 3 aliphatic rings. The molecule has 0 unspecified atom stereocenters. The van der Waals surface area contributed by atoms with Crippen LogP contribution in [0.1, 0.15) is 27.8 Å². The summed E-state index contributed by atoms with van der Waals surface area (Å²) >= 11 is 0. The minimum atomic E-state index is -0.593.